The Morgan fingerprint density at radius 1 is 0.880 bits per heavy atom. The molecule has 5 heteroatoms. The molecular formula is C20H23FN2O2. The molecule has 0 atom stereocenters. The maximum Gasteiger partial charge on any atom is 0.224 e. The Labute approximate surface area is 147 Å². The van der Waals surface area contributed by atoms with Gasteiger partial charge >= 0.3 is 0 Å². The summed E-state index contributed by atoms with van der Waals surface area (Å²) in [6, 6.07) is 13.2. The van der Waals surface area contributed by atoms with Crippen LogP contribution in [0.5, 0.6) is 0 Å². The number of hydrogen-bond acceptors (Lipinski definition) is 3. The fourth-order valence-electron chi connectivity index (χ4n) is 2.57. The first-order valence-corrected chi connectivity index (χ1v) is 8.50. The van der Waals surface area contributed by atoms with E-state index in [1.54, 1.807) is 24.3 Å². The lowest BCUT2D eigenvalue weighted by molar-refractivity contribution is -0.116. The normalized spacial score (nSPS) is 10.4. The van der Waals surface area contributed by atoms with Crippen LogP contribution in [0.4, 0.5) is 15.8 Å². The van der Waals surface area contributed by atoms with E-state index in [0.29, 0.717) is 30.6 Å². The van der Waals surface area contributed by atoms with Gasteiger partial charge in [-0.2, -0.15) is 0 Å². The summed E-state index contributed by atoms with van der Waals surface area (Å²) in [4.78, 5) is 23.8. The van der Waals surface area contributed by atoms with Crippen LogP contribution < -0.4 is 11.1 Å². The van der Waals surface area contributed by atoms with Crippen LogP contribution in [0.3, 0.4) is 0 Å². The van der Waals surface area contributed by atoms with Crippen LogP contribution in [-0.4, -0.2) is 11.7 Å². The summed E-state index contributed by atoms with van der Waals surface area (Å²) in [5.74, 6) is -0.708. The van der Waals surface area contributed by atoms with Gasteiger partial charge in [-0.1, -0.05) is 37.1 Å². The number of nitrogens with one attached hydrogen (secondary N) is 1. The second-order valence-corrected chi connectivity index (χ2v) is 5.95. The number of ketones is 1. The van der Waals surface area contributed by atoms with E-state index in [1.807, 2.05) is 12.1 Å². The molecule has 0 fully saturated rings. The van der Waals surface area contributed by atoms with Gasteiger partial charge in [0.15, 0.2) is 5.78 Å². The number of benzene rings is 2. The Balaban J connectivity index is 1.60. The highest BCUT2D eigenvalue weighted by Gasteiger charge is 2.10. The number of hydrogen-bond donors (Lipinski definition) is 2. The number of nitrogen functional groups attached to an aromatic ring is 1. The molecule has 0 radical (unpaired) electrons. The SMILES string of the molecule is Nc1ccccc1NC(=O)CCCCCCC(=O)c1ccccc1F. The van der Waals surface area contributed by atoms with Gasteiger partial charge in [-0.15, -0.1) is 0 Å². The molecule has 0 spiro atoms. The summed E-state index contributed by atoms with van der Waals surface area (Å²) in [7, 11) is 0. The van der Waals surface area contributed by atoms with E-state index in [4.69, 9.17) is 5.73 Å². The molecule has 0 bridgehead atoms. The number of carbonyl (C=O) groups is 2. The minimum atomic E-state index is -0.468. The molecule has 0 unspecified atom stereocenters. The maximum atomic E-state index is 13.5. The molecule has 0 aliphatic heterocycles. The Morgan fingerprint density at radius 3 is 2.24 bits per heavy atom. The van der Waals surface area contributed by atoms with Crippen LogP contribution in [0.25, 0.3) is 0 Å². The van der Waals surface area contributed by atoms with Crippen LogP contribution in [0, 0.1) is 5.82 Å². The van der Waals surface area contributed by atoms with E-state index in [-0.39, 0.29) is 17.3 Å². The zero-order chi connectivity index (χ0) is 18.1. The van der Waals surface area contributed by atoms with E-state index in [1.165, 1.54) is 12.1 Å². The second kappa shape index (κ2) is 9.57. The molecule has 2 aromatic rings. The fourth-order valence-corrected chi connectivity index (χ4v) is 2.57. The minimum Gasteiger partial charge on any atom is -0.397 e. The van der Waals surface area contributed by atoms with Crippen molar-refractivity contribution in [1.29, 1.82) is 0 Å². The van der Waals surface area contributed by atoms with Crippen LogP contribution >= 0.6 is 0 Å². The van der Waals surface area contributed by atoms with Crippen molar-refractivity contribution < 1.29 is 14.0 Å². The highest BCUT2D eigenvalue weighted by molar-refractivity contribution is 5.96. The van der Waals surface area contributed by atoms with Gasteiger partial charge in [0.25, 0.3) is 0 Å². The molecule has 0 aliphatic carbocycles. The quantitative estimate of drug-likeness (QED) is 0.398. The smallest absolute Gasteiger partial charge is 0.224 e. The molecule has 1 amide bonds. The van der Waals surface area contributed by atoms with Crippen molar-refractivity contribution in [3.8, 4) is 0 Å². The number of anilines is 2. The van der Waals surface area contributed by atoms with Crippen molar-refractivity contribution in [2.75, 3.05) is 11.1 Å². The summed E-state index contributed by atoms with van der Waals surface area (Å²) in [5.41, 5.74) is 7.10. The number of amides is 1. The average Bonchev–Trinajstić information content (AvgIpc) is 2.60. The Kier molecular flexibility index (Phi) is 7.14. The Morgan fingerprint density at radius 2 is 1.52 bits per heavy atom. The molecule has 2 aromatic carbocycles. The summed E-state index contributed by atoms with van der Waals surface area (Å²) in [5, 5.41) is 2.79. The van der Waals surface area contributed by atoms with Crippen LogP contribution in [0.1, 0.15) is 48.9 Å². The lowest BCUT2D eigenvalue weighted by atomic mass is 10.0. The van der Waals surface area contributed by atoms with Gasteiger partial charge in [-0.3, -0.25) is 9.59 Å². The van der Waals surface area contributed by atoms with Crippen LogP contribution in [0.15, 0.2) is 48.5 Å². The lowest BCUT2D eigenvalue weighted by Crippen LogP contribution is -2.12. The monoisotopic (exact) mass is 342 g/mol. The summed E-state index contributed by atoms with van der Waals surface area (Å²) in [6.45, 7) is 0. The molecule has 0 heterocycles. The minimum absolute atomic E-state index is 0.0691. The van der Waals surface area contributed by atoms with Gasteiger partial charge in [0, 0.05) is 12.8 Å². The van der Waals surface area contributed by atoms with Gasteiger partial charge in [0.05, 0.1) is 16.9 Å². The molecule has 25 heavy (non-hydrogen) atoms. The standard InChI is InChI=1S/C20H23FN2O2/c21-16-10-6-5-9-15(16)19(24)13-3-1-2-4-14-20(25)23-18-12-8-7-11-17(18)22/h5-12H,1-4,13-14,22H2,(H,23,25). The average molecular weight is 342 g/mol. The van der Waals surface area contributed by atoms with Gasteiger partial charge in [-0.05, 0) is 37.1 Å². The predicted octanol–water partition coefficient (Wildman–Crippen LogP) is 4.57. The number of para-hydroxylation sites is 2. The van der Waals surface area contributed by atoms with Gasteiger partial charge in [0.1, 0.15) is 5.82 Å². The Bertz CT molecular complexity index is 731. The number of Topliss-reactive ketones (excluding diaryl/α,β-unsaturated/α-hetero) is 1. The van der Waals surface area contributed by atoms with Crippen LogP contribution in [-0.2, 0) is 4.79 Å². The molecule has 0 saturated heterocycles. The number of unbranched alkanes of at least 4 members (excludes halogenated alkanes) is 3. The van der Waals surface area contributed by atoms with Crippen molar-refractivity contribution in [3.05, 3.63) is 59.9 Å². The topological polar surface area (TPSA) is 72.2 Å². The summed E-state index contributed by atoms with van der Waals surface area (Å²) >= 11 is 0. The first-order valence-electron chi connectivity index (χ1n) is 8.50. The highest BCUT2D eigenvalue weighted by Crippen LogP contribution is 2.17. The van der Waals surface area contributed by atoms with E-state index in [2.05, 4.69) is 5.32 Å². The number of rotatable bonds is 9. The van der Waals surface area contributed by atoms with E-state index >= 15 is 0 Å². The lowest BCUT2D eigenvalue weighted by Gasteiger charge is -2.07. The van der Waals surface area contributed by atoms with E-state index in [9.17, 15) is 14.0 Å². The Hall–Kier alpha value is -2.69. The molecule has 0 aliphatic rings. The van der Waals surface area contributed by atoms with Crippen LogP contribution in [0.2, 0.25) is 0 Å². The molecule has 2 rings (SSSR count). The van der Waals surface area contributed by atoms with Crippen molar-refractivity contribution in [2.45, 2.75) is 38.5 Å². The zero-order valence-electron chi connectivity index (χ0n) is 14.1. The first kappa shape index (κ1) is 18.6. The third-order valence-corrected chi connectivity index (χ3v) is 3.97. The predicted molar refractivity (Wildman–Crippen MR) is 97.9 cm³/mol. The van der Waals surface area contributed by atoms with Crippen molar-refractivity contribution in [3.63, 3.8) is 0 Å². The molecule has 3 N–H and O–H groups in total. The second-order valence-electron chi connectivity index (χ2n) is 5.95. The summed E-state index contributed by atoms with van der Waals surface area (Å²) < 4.78 is 13.5. The first-order chi connectivity index (χ1) is 12.1. The van der Waals surface area contributed by atoms with Gasteiger partial charge < -0.3 is 11.1 Å². The van der Waals surface area contributed by atoms with E-state index in [0.717, 1.165) is 19.3 Å². The van der Waals surface area contributed by atoms with Gasteiger partial charge in [-0.25, -0.2) is 4.39 Å². The molecule has 132 valence electrons. The summed E-state index contributed by atoms with van der Waals surface area (Å²) in [6.07, 6.45) is 3.86. The number of nitrogens with two attached hydrogens (primary N) is 1. The molecular weight excluding hydrogens is 319 g/mol. The third-order valence-electron chi connectivity index (χ3n) is 3.97. The maximum absolute atomic E-state index is 13.5. The van der Waals surface area contributed by atoms with Crippen molar-refractivity contribution in [1.82, 2.24) is 0 Å². The molecule has 0 aromatic heterocycles. The van der Waals surface area contributed by atoms with Crippen molar-refractivity contribution >= 4 is 23.1 Å². The highest BCUT2D eigenvalue weighted by atomic mass is 19.1. The third kappa shape index (κ3) is 6.03. The van der Waals surface area contributed by atoms with Gasteiger partial charge in [0.2, 0.25) is 5.91 Å². The van der Waals surface area contributed by atoms with E-state index < -0.39 is 5.82 Å². The molecule has 0 saturated carbocycles. The zero-order valence-corrected chi connectivity index (χ0v) is 14.1. The number of halogens is 1. The largest absolute Gasteiger partial charge is 0.397 e. The number of carbonyl (C=O) groups excluding carboxylic acids is 2. The molecule has 4 nitrogen and oxygen atoms in total. The fraction of sp³-hybridized carbons (Fsp3) is 0.300. The van der Waals surface area contributed by atoms with Crippen molar-refractivity contribution in [2.24, 2.45) is 0 Å².